The summed E-state index contributed by atoms with van der Waals surface area (Å²) in [4.78, 5) is 0. The van der Waals surface area contributed by atoms with Gasteiger partial charge in [-0.25, -0.2) is 0 Å². The highest BCUT2D eigenvalue weighted by molar-refractivity contribution is 4.65. The molecule has 2 atom stereocenters. The fourth-order valence-electron chi connectivity index (χ4n) is 1.26. The Balaban J connectivity index is 2.18. The van der Waals surface area contributed by atoms with E-state index in [4.69, 9.17) is 4.74 Å². The third-order valence-electron chi connectivity index (χ3n) is 2.05. The third kappa shape index (κ3) is 1.98. The molecular formula is C8H16O. The standard InChI is InChI=1S/C8H16O/c1-3-8-5-4-7(2)6-9-8/h7-8H,3-6H2,1-2H3/t7-,8-/m1/s1. The maximum absolute atomic E-state index is 5.54. The van der Waals surface area contributed by atoms with Gasteiger partial charge in [0.15, 0.2) is 0 Å². The lowest BCUT2D eigenvalue weighted by Gasteiger charge is -2.25. The molecule has 0 aromatic rings. The molecule has 1 fully saturated rings. The highest BCUT2D eigenvalue weighted by Crippen LogP contribution is 2.19. The van der Waals surface area contributed by atoms with Crippen LogP contribution in [0.5, 0.6) is 0 Å². The van der Waals surface area contributed by atoms with E-state index >= 15 is 0 Å². The van der Waals surface area contributed by atoms with E-state index in [1.54, 1.807) is 0 Å². The predicted molar refractivity (Wildman–Crippen MR) is 38.4 cm³/mol. The Kier molecular flexibility index (Phi) is 2.52. The van der Waals surface area contributed by atoms with Crippen LogP contribution in [0.1, 0.15) is 33.1 Å². The Morgan fingerprint density at radius 2 is 2.22 bits per heavy atom. The Labute approximate surface area is 57.4 Å². The molecule has 1 heteroatoms. The van der Waals surface area contributed by atoms with Crippen LogP contribution < -0.4 is 0 Å². The van der Waals surface area contributed by atoms with Crippen molar-refractivity contribution in [2.45, 2.75) is 39.2 Å². The Hall–Kier alpha value is -0.0400. The van der Waals surface area contributed by atoms with E-state index in [1.165, 1.54) is 19.3 Å². The van der Waals surface area contributed by atoms with Gasteiger partial charge in [0.1, 0.15) is 0 Å². The van der Waals surface area contributed by atoms with Crippen LogP contribution in [0.3, 0.4) is 0 Å². The molecule has 0 aromatic carbocycles. The SMILES string of the molecule is CC[C@@H]1CC[C@@H](C)CO1. The minimum atomic E-state index is 0.571. The summed E-state index contributed by atoms with van der Waals surface area (Å²) in [5, 5.41) is 0. The van der Waals surface area contributed by atoms with Crippen molar-refractivity contribution in [2.75, 3.05) is 6.61 Å². The zero-order chi connectivity index (χ0) is 6.69. The van der Waals surface area contributed by atoms with Crippen molar-refractivity contribution in [3.05, 3.63) is 0 Å². The highest BCUT2D eigenvalue weighted by Gasteiger charge is 2.15. The lowest BCUT2D eigenvalue weighted by molar-refractivity contribution is -0.0123. The van der Waals surface area contributed by atoms with E-state index in [2.05, 4.69) is 13.8 Å². The van der Waals surface area contributed by atoms with Crippen molar-refractivity contribution >= 4 is 0 Å². The summed E-state index contributed by atoms with van der Waals surface area (Å²) in [7, 11) is 0. The first-order valence-electron chi connectivity index (χ1n) is 3.94. The van der Waals surface area contributed by atoms with Crippen LogP contribution in [0, 0.1) is 5.92 Å². The fourth-order valence-corrected chi connectivity index (χ4v) is 1.26. The molecule has 0 radical (unpaired) electrons. The summed E-state index contributed by atoms with van der Waals surface area (Å²) in [6, 6.07) is 0. The molecule has 54 valence electrons. The normalized spacial score (nSPS) is 36.7. The largest absolute Gasteiger partial charge is 0.378 e. The van der Waals surface area contributed by atoms with Gasteiger partial charge in [0.25, 0.3) is 0 Å². The Morgan fingerprint density at radius 3 is 2.67 bits per heavy atom. The van der Waals surface area contributed by atoms with E-state index in [1.807, 2.05) is 0 Å². The first kappa shape index (κ1) is 7.07. The second-order valence-electron chi connectivity index (χ2n) is 3.05. The van der Waals surface area contributed by atoms with E-state index in [9.17, 15) is 0 Å². The van der Waals surface area contributed by atoms with Gasteiger partial charge in [-0.15, -0.1) is 0 Å². The summed E-state index contributed by atoms with van der Waals surface area (Å²) in [6.45, 7) is 5.44. The number of hydrogen-bond donors (Lipinski definition) is 0. The van der Waals surface area contributed by atoms with Crippen molar-refractivity contribution in [1.29, 1.82) is 0 Å². The van der Waals surface area contributed by atoms with Gasteiger partial charge in [-0.2, -0.15) is 0 Å². The zero-order valence-corrected chi connectivity index (χ0v) is 6.39. The molecule has 9 heavy (non-hydrogen) atoms. The lowest BCUT2D eigenvalue weighted by Crippen LogP contribution is -2.23. The maximum Gasteiger partial charge on any atom is 0.0572 e. The second-order valence-corrected chi connectivity index (χ2v) is 3.05. The molecule has 0 unspecified atom stereocenters. The lowest BCUT2D eigenvalue weighted by atomic mass is 9.99. The van der Waals surface area contributed by atoms with Crippen molar-refractivity contribution in [2.24, 2.45) is 5.92 Å². The summed E-state index contributed by atoms with van der Waals surface area (Å²) in [5.74, 6) is 0.799. The smallest absolute Gasteiger partial charge is 0.0572 e. The molecular weight excluding hydrogens is 112 g/mol. The van der Waals surface area contributed by atoms with Crippen LogP contribution in [-0.4, -0.2) is 12.7 Å². The third-order valence-corrected chi connectivity index (χ3v) is 2.05. The van der Waals surface area contributed by atoms with E-state index in [0.717, 1.165) is 12.5 Å². The molecule has 0 saturated carbocycles. The summed E-state index contributed by atoms with van der Waals surface area (Å²) in [5.41, 5.74) is 0. The molecule has 1 aliphatic rings. The van der Waals surface area contributed by atoms with Gasteiger partial charge in [-0.05, 0) is 25.2 Å². The average Bonchev–Trinajstić information content (AvgIpc) is 1.90. The molecule has 0 aromatic heterocycles. The molecule has 0 amide bonds. The van der Waals surface area contributed by atoms with Crippen molar-refractivity contribution < 1.29 is 4.74 Å². The van der Waals surface area contributed by atoms with Gasteiger partial charge in [0, 0.05) is 6.61 Å². The minimum absolute atomic E-state index is 0.571. The van der Waals surface area contributed by atoms with E-state index in [0.29, 0.717) is 6.10 Å². The molecule has 0 N–H and O–H groups in total. The summed E-state index contributed by atoms with van der Waals surface area (Å²) < 4.78 is 5.54. The number of rotatable bonds is 1. The number of ether oxygens (including phenoxy) is 1. The van der Waals surface area contributed by atoms with Gasteiger partial charge in [0.05, 0.1) is 6.10 Å². The maximum atomic E-state index is 5.54. The first-order valence-corrected chi connectivity index (χ1v) is 3.94. The summed E-state index contributed by atoms with van der Waals surface area (Å²) in [6.07, 6.45) is 4.39. The number of hydrogen-bond acceptors (Lipinski definition) is 1. The van der Waals surface area contributed by atoms with Gasteiger partial charge >= 0.3 is 0 Å². The van der Waals surface area contributed by atoms with Gasteiger partial charge in [-0.1, -0.05) is 13.8 Å². The average molecular weight is 128 g/mol. The fraction of sp³-hybridized carbons (Fsp3) is 1.00. The molecule has 0 bridgehead atoms. The second kappa shape index (κ2) is 3.21. The molecule has 1 heterocycles. The topological polar surface area (TPSA) is 9.23 Å². The Bertz CT molecular complexity index is 72.6. The molecule has 1 saturated heterocycles. The molecule has 1 aliphatic heterocycles. The van der Waals surface area contributed by atoms with Crippen LogP contribution >= 0.6 is 0 Å². The van der Waals surface area contributed by atoms with Crippen LogP contribution in [0.15, 0.2) is 0 Å². The zero-order valence-electron chi connectivity index (χ0n) is 6.39. The molecule has 0 aliphatic carbocycles. The highest BCUT2D eigenvalue weighted by atomic mass is 16.5. The van der Waals surface area contributed by atoms with Crippen molar-refractivity contribution in [3.8, 4) is 0 Å². The molecule has 1 rings (SSSR count). The van der Waals surface area contributed by atoms with E-state index < -0.39 is 0 Å². The molecule has 1 nitrogen and oxygen atoms in total. The van der Waals surface area contributed by atoms with Crippen LogP contribution in [0.25, 0.3) is 0 Å². The van der Waals surface area contributed by atoms with Gasteiger partial charge in [-0.3, -0.25) is 0 Å². The summed E-state index contributed by atoms with van der Waals surface area (Å²) >= 11 is 0. The predicted octanol–water partition coefficient (Wildman–Crippen LogP) is 2.21. The Morgan fingerprint density at radius 1 is 1.44 bits per heavy atom. The van der Waals surface area contributed by atoms with Gasteiger partial charge < -0.3 is 4.74 Å². The monoisotopic (exact) mass is 128 g/mol. The minimum Gasteiger partial charge on any atom is -0.378 e. The van der Waals surface area contributed by atoms with E-state index in [-0.39, 0.29) is 0 Å². The quantitative estimate of drug-likeness (QED) is 0.526. The van der Waals surface area contributed by atoms with Crippen LogP contribution in [0.4, 0.5) is 0 Å². The first-order chi connectivity index (χ1) is 4.33. The van der Waals surface area contributed by atoms with Crippen LogP contribution in [-0.2, 0) is 4.74 Å². The van der Waals surface area contributed by atoms with Crippen LogP contribution in [0.2, 0.25) is 0 Å². The van der Waals surface area contributed by atoms with Gasteiger partial charge in [0.2, 0.25) is 0 Å². The van der Waals surface area contributed by atoms with Crippen molar-refractivity contribution in [3.63, 3.8) is 0 Å². The molecule has 0 spiro atoms. The van der Waals surface area contributed by atoms with Crippen molar-refractivity contribution in [1.82, 2.24) is 0 Å².